The molecule has 4 rings (SSSR count). The molecule has 1 unspecified atom stereocenters. The minimum absolute atomic E-state index is 0.0764. The largest absolute Gasteiger partial charge is 0.492 e. The van der Waals surface area contributed by atoms with Gasteiger partial charge in [-0.3, -0.25) is 9.59 Å². The number of hydrogen-bond acceptors (Lipinski definition) is 4. The number of carbonyl (C=O) groups excluding carboxylic acids is 2. The SMILES string of the molecule is CCOc1ccccc1NC(=O)CC1C(=O)Nc2c(-c3ccc(F)cc3)c(CC)nn21. The van der Waals surface area contributed by atoms with Crippen molar-refractivity contribution in [2.45, 2.75) is 32.7 Å². The van der Waals surface area contributed by atoms with Gasteiger partial charge in [-0.2, -0.15) is 5.10 Å². The number of carbonyl (C=O) groups is 2. The molecular formula is C23H23FN4O3. The molecule has 8 heteroatoms. The molecule has 0 aliphatic carbocycles. The van der Waals surface area contributed by atoms with Crippen LogP contribution in [0.4, 0.5) is 15.9 Å². The standard InChI is InChI=1S/C23H23FN4O3/c1-3-16-21(14-9-11-15(24)12-10-14)22-26-23(30)18(28(22)27-16)13-20(29)25-17-7-5-6-8-19(17)31-4-2/h5-12,18H,3-4,13H2,1-2H3,(H,25,29)(H,26,30). The van der Waals surface area contributed by atoms with Crippen LogP contribution >= 0.6 is 0 Å². The van der Waals surface area contributed by atoms with Crippen LogP contribution in [0.2, 0.25) is 0 Å². The van der Waals surface area contributed by atoms with Crippen LogP contribution in [0, 0.1) is 5.82 Å². The van der Waals surface area contributed by atoms with E-state index < -0.39 is 6.04 Å². The highest BCUT2D eigenvalue weighted by Gasteiger charge is 2.36. The number of benzene rings is 2. The Bertz CT molecular complexity index is 1120. The van der Waals surface area contributed by atoms with Crippen LogP contribution in [0.1, 0.15) is 32.0 Å². The number of para-hydroxylation sites is 2. The van der Waals surface area contributed by atoms with Gasteiger partial charge in [0.15, 0.2) is 0 Å². The summed E-state index contributed by atoms with van der Waals surface area (Å²) in [5.41, 5.74) is 2.83. The van der Waals surface area contributed by atoms with Crippen molar-refractivity contribution in [3.8, 4) is 16.9 Å². The van der Waals surface area contributed by atoms with Crippen LogP contribution in [0.5, 0.6) is 5.75 Å². The summed E-state index contributed by atoms with van der Waals surface area (Å²) >= 11 is 0. The lowest BCUT2D eigenvalue weighted by Gasteiger charge is -2.13. The Labute approximate surface area is 179 Å². The lowest BCUT2D eigenvalue weighted by molar-refractivity contribution is -0.123. The van der Waals surface area contributed by atoms with Crippen LogP contribution in [-0.2, 0) is 16.0 Å². The third kappa shape index (κ3) is 4.01. The molecule has 7 nitrogen and oxygen atoms in total. The van der Waals surface area contributed by atoms with E-state index in [9.17, 15) is 14.0 Å². The lowest BCUT2D eigenvalue weighted by atomic mass is 10.0. The number of halogens is 1. The van der Waals surface area contributed by atoms with Gasteiger partial charge in [0.1, 0.15) is 23.4 Å². The van der Waals surface area contributed by atoms with E-state index in [0.29, 0.717) is 30.3 Å². The van der Waals surface area contributed by atoms with Crippen LogP contribution in [0.25, 0.3) is 11.1 Å². The van der Waals surface area contributed by atoms with Gasteiger partial charge in [0.25, 0.3) is 5.91 Å². The third-order valence-electron chi connectivity index (χ3n) is 5.13. The van der Waals surface area contributed by atoms with Crippen molar-refractivity contribution in [2.24, 2.45) is 0 Å². The second kappa shape index (κ2) is 8.59. The Morgan fingerprint density at radius 3 is 2.65 bits per heavy atom. The first-order chi connectivity index (χ1) is 15.0. The highest BCUT2D eigenvalue weighted by Crippen LogP contribution is 2.39. The van der Waals surface area contributed by atoms with Crippen LogP contribution in [0.15, 0.2) is 48.5 Å². The Morgan fingerprint density at radius 1 is 1.19 bits per heavy atom. The molecular weight excluding hydrogens is 399 g/mol. The predicted molar refractivity (Wildman–Crippen MR) is 116 cm³/mol. The fourth-order valence-corrected chi connectivity index (χ4v) is 3.71. The fraction of sp³-hybridized carbons (Fsp3) is 0.261. The van der Waals surface area contributed by atoms with Crippen molar-refractivity contribution in [3.63, 3.8) is 0 Å². The third-order valence-corrected chi connectivity index (χ3v) is 5.13. The number of aryl methyl sites for hydroxylation is 1. The summed E-state index contributed by atoms with van der Waals surface area (Å²) in [5.74, 6) is 0.136. The molecule has 1 aliphatic rings. The minimum atomic E-state index is -0.770. The second-order valence-corrected chi connectivity index (χ2v) is 7.16. The Balaban J connectivity index is 1.59. The molecule has 0 radical (unpaired) electrons. The average molecular weight is 422 g/mol. The molecule has 160 valence electrons. The number of fused-ring (bicyclic) bond motifs is 1. The quantitative estimate of drug-likeness (QED) is 0.598. The van der Waals surface area contributed by atoms with E-state index in [1.807, 2.05) is 19.9 Å². The van der Waals surface area contributed by atoms with Crippen molar-refractivity contribution < 1.29 is 18.7 Å². The van der Waals surface area contributed by atoms with Crippen LogP contribution in [-0.4, -0.2) is 28.2 Å². The molecule has 2 heterocycles. The molecule has 1 atom stereocenters. The van der Waals surface area contributed by atoms with Crippen molar-refractivity contribution in [1.29, 1.82) is 0 Å². The Hall–Kier alpha value is -3.68. The molecule has 2 aromatic carbocycles. The van der Waals surface area contributed by atoms with Gasteiger partial charge in [-0.25, -0.2) is 9.07 Å². The van der Waals surface area contributed by atoms with Crippen molar-refractivity contribution in [2.75, 3.05) is 17.2 Å². The molecule has 3 aromatic rings. The number of anilines is 2. The summed E-state index contributed by atoms with van der Waals surface area (Å²) in [6, 6.07) is 12.4. The molecule has 0 spiro atoms. The number of aromatic nitrogens is 2. The maximum atomic E-state index is 13.4. The average Bonchev–Trinajstić information content (AvgIpc) is 3.25. The van der Waals surface area contributed by atoms with Crippen molar-refractivity contribution in [1.82, 2.24) is 9.78 Å². The first-order valence-electron chi connectivity index (χ1n) is 10.2. The molecule has 1 aromatic heterocycles. The number of nitrogens with zero attached hydrogens (tertiary/aromatic N) is 2. The van der Waals surface area contributed by atoms with E-state index in [1.54, 1.807) is 35.0 Å². The van der Waals surface area contributed by atoms with Gasteiger partial charge in [0, 0.05) is 5.56 Å². The summed E-state index contributed by atoms with van der Waals surface area (Å²) in [5, 5.41) is 10.2. The van der Waals surface area contributed by atoms with Gasteiger partial charge in [0.2, 0.25) is 5.91 Å². The maximum absolute atomic E-state index is 13.4. The molecule has 0 bridgehead atoms. The molecule has 0 fully saturated rings. The monoisotopic (exact) mass is 422 g/mol. The molecule has 0 saturated carbocycles. The van der Waals surface area contributed by atoms with Crippen LogP contribution in [0.3, 0.4) is 0 Å². The number of hydrogen-bond donors (Lipinski definition) is 2. The molecule has 2 N–H and O–H groups in total. The zero-order valence-corrected chi connectivity index (χ0v) is 17.3. The molecule has 1 aliphatic heterocycles. The topological polar surface area (TPSA) is 85.2 Å². The molecule has 2 amide bonds. The van der Waals surface area contributed by atoms with E-state index in [4.69, 9.17) is 4.74 Å². The first-order valence-corrected chi connectivity index (χ1v) is 10.2. The lowest BCUT2D eigenvalue weighted by Crippen LogP contribution is -2.24. The van der Waals surface area contributed by atoms with Gasteiger partial charge in [0.05, 0.1) is 24.4 Å². The van der Waals surface area contributed by atoms with E-state index in [-0.39, 0.29) is 24.1 Å². The minimum Gasteiger partial charge on any atom is -0.492 e. The highest BCUT2D eigenvalue weighted by molar-refractivity contribution is 6.04. The summed E-state index contributed by atoms with van der Waals surface area (Å²) in [7, 11) is 0. The number of nitrogens with one attached hydrogen (secondary N) is 2. The van der Waals surface area contributed by atoms with Gasteiger partial charge >= 0.3 is 0 Å². The smallest absolute Gasteiger partial charge is 0.251 e. The van der Waals surface area contributed by atoms with Gasteiger partial charge in [-0.1, -0.05) is 31.2 Å². The molecule has 0 saturated heterocycles. The van der Waals surface area contributed by atoms with Gasteiger partial charge in [-0.15, -0.1) is 0 Å². The molecule has 31 heavy (non-hydrogen) atoms. The van der Waals surface area contributed by atoms with E-state index in [0.717, 1.165) is 16.8 Å². The Morgan fingerprint density at radius 2 is 1.94 bits per heavy atom. The fourth-order valence-electron chi connectivity index (χ4n) is 3.71. The summed E-state index contributed by atoms with van der Waals surface area (Å²) in [6.45, 7) is 4.30. The maximum Gasteiger partial charge on any atom is 0.251 e. The number of amides is 2. The van der Waals surface area contributed by atoms with E-state index in [1.165, 1.54) is 12.1 Å². The van der Waals surface area contributed by atoms with E-state index >= 15 is 0 Å². The second-order valence-electron chi connectivity index (χ2n) is 7.16. The zero-order chi connectivity index (χ0) is 22.0. The summed E-state index contributed by atoms with van der Waals surface area (Å²) < 4.78 is 20.5. The number of rotatable bonds is 7. The summed E-state index contributed by atoms with van der Waals surface area (Å²) in [6.07, 6.45) is 0.552. The predicted octanol–water partition coefficient (Wildman–Crippen LogP) is 4.17. The van der Waals surface area contributed by atoms with Gasteiger partial charge < -0.3 is 15.4 Å². The van der Waals surface area contributed by atoms with Crippen LogP contribution < -0.4 is 15.4 Å². The number of ether oxygens (including phenoxy) is 1. The first kappa shape index (κ1) is 20.6. The van der Waals surface area contributed by atoms with E-state index in [2.05, 4.69) is 15.7 Å². The highest BCUT2D eigenvalue weighted by atomic mass is 19.1. The zero-order valence-electron chi connectivity index (χ0n) is 17.3. The Kier molecular flexibility index (Phi) is 5.70. The van der Waals surface area contributed by atoms with Crippen molar-refractivity contribution in [3.05, 3.63) is 60.0 Å². The summed E-state index contributed by atoms with van der Waals surface area (Å²) in [4.78, 5) is 25.4. The van der Waals surface area contributed by atoms with Gasteiger partial charge in [-0.05, 0) is 43.2 Å². The normalized spacial score (nSPS) is 14.8. The van der Waals surface area contributed by atoms with Crippen molar-refractivity contribution >= 4 is 23.3 Å².